The van der Waals surface area contributed by atoms with Crippen molar-refractivity contribution in [2.45, 2.75) is 103 Å². The number of carbonyl (C=O) groups is 4. The maximum Gasteiger partial charge on any atom is 0.261 e. The van der Waals surface area contributed by atoms with Crippen molar-refractivity contribution in [3.63, 3.8) is 0 Å². The second-order valence-corrected chi connectivity index (χ2v) is 11.9. The number of rotatable bonds is 10. The third-order valence-corrected chi connectivity index (χ3v) is 9.16. The van der Waals surface area contributed by atoms with Gasteiger partial charge in [0.1, 0.15) is 0 Å². The van der Waals surface area contributed by atoms with Gasteiger partial charge in [-0.3, -0.25) is 29.0 Å². The first kappa shape index (κ1) is 28.9. The van der Waals surface area contributed by atoms with E-state index in [1.54, 1.807) is 38.3 Å². The Balaban J connectivity index is 1.83. The quantitative estimate of drug-likeness (QED) is 0.411. The van der Waals surface area contributed by atoms with Gasteiger partial charge in [-0.15, -0.1) is 0 Å². The first-order valence-corrected chi connectivity index (χ1v) is 13.8. The second-order valence-electron chi connectivity index (χ2n) is 11.9. The lowest BCUT2D eigenvalue weighted by Crippen LogP contribution is -2.57. The zero-order chi connectivity index (χ0) is 29.1. The van der Waals surface area contributed by atoms with Gasteiger partial charge in [0.15, 0.2) is 0 Å². The molecule has 4 rings (SSSR count). The summed E-state index contributed by atoms with van der Waals surface area (Å²) < 4.78 is 5.66. The van der Waals surface area contributed by atoms with Crippen LogP contribution in [0.25, 0.3) is 10.8 Å². The van der Waals surface area contributed by atoms with E-state index >= 15 is 0 Å². The Labute approximate surface area is 230 Å². The average Bonchev–Trinajstić information content (AvgIpc) is 2.90. The van der Waals surface area contributed by atoms with Crippen LogP contribution in [0.4, 0.5) is 0 Å². The molecule has 0 spiro atoms. The van der Waals surface area contributed by atoms with Crippen molar-refractivity contribution in [3.05, 3.63) is 46.5 Å². The highest BCUT2D eigenvalue weighted by molar-refractivity contribution is 6.33. The monoisotopic (exact) mass is 536 g/mol. The minimum atomic E-state index is -1.06. The summed E-state index contributed by atoms with van der Waals surface area (Å²) in [4.78, 5) is 57.8. The van der Waals surface area contributed by atoms with E-state index in [9.17, 15) is 24.3 Å². The lowest BCUT2D eigenvalue weighted by Gasteiger charge is -2.45. The van der Waals surface area contributed by atoms with Crippen LogP contribution in [0.5, 0.6) is 0 Å². The molecule has 0 bridgehead atoms. The van der Waals surface area contributed by atoms with E-state index in [1.165, 1.54) is 9.80 Å². The summed E-state index contributed by atoms with van der Waals surface area (Å²) in [6, 6.07) is 5.92. The summed E-state index contributed by atoms with van der Waals surface area (Å²) in [5.74, 6) is -1.86. The van der Waals surface area contributed by atoms with Gasteiger partial charge >= 0.3 is 0 Å². The van der Waals surface area contributed by atoms with Crippen molar-refractivity contribution in [1.29, 1.82) is 0 Å². The number of aliphatic hydroxyl groups is 1. The predicted octanol–water partition coefficient (Wildman–Crippen LogP) is 5.35. The molecule has 8 nitrogen and oxygen atoms in total. The average molecular weight is 537 g/mol. The van der Waals surface area contributed by atoms with Gasteiger partial charge in [0.05, 0.1) is 16.7 Å². The van der Waals surface area contributed by atoms with Crippen molar-refractivity contribution in [2.75, 3.05) is 7.11 Å². The topological polar surface area (TPSA) is 104 Å². The molecule has 0 radical (unpaired) electrons. The summed E-state index contributed by atoms with van der Waals surface area (Å²) in [7, 11) is 1.62. The molecule has 4 amide bonds. The fourth-order valence-electron chi connectivity index (χ4n) is 6.18. The molecule has 0 aromatic heterocycles. The Bertz CT molecular complexity index is 1300. The fraction of sp³-hybridized carbons (Fsp3) is 0.548. The normalized spacial score (nSPS) is 20.6. The molecule has 0 fully saturated rings. The van der Waals surface area contributed by atoms with Gasteiger partial charge < -0.3 is 9.84 Å². The molecule has 0 saturated carbocycles. The highest BCUT2D eigenvalue weighted by Crippen LogP contribution is 2.42. The van der Waals surface area contributed by atoms with Crippen LogP contribution in [0.2, 0.25) is 0 Å². The van der Waals surface area contributed by atoms with Crippen molar-refractivity contribution < 1.29 is 29.0 Å². The van der Waals surface area contributed by atoms with E-state index in [0.29, 0.717) is 47.6 Å². The Kier molecular flexibility index (Phi) is 7.28. The summed E-state index contributed by atoms with van der Waals surface area (Å²) in [6.45, 7) is 13.1. The number of imide groups is 2. The van der Waals surface area contributed by atoms with Crippen LogP contribution in [-0.4, -0.2) is 68.4 Å². The molecule has 1 N–H and O–H groups in total. The van der Waals surface area contributed by atoms with Gasteiger partial charge in [0, 0.05) is 46.2 Å². The van der Waals surface area contributed by atoms with Gasteiger partial charge in [0.25, 0.3) is 23.6 Å². The van der Waals surface area contributed by atoms with Gasteiger partial charge in [-0.05, 0) is 84.1 Å². The molecule has 210 valence electrons. The molecule has 0 aliphatic carbocycles. The van der Waals surface area contributed by atoms with Crippen molar-refractivity contribution in [2.24, 2.45) is 0 Å². The highest BCUT2D eigenvalue weighted by atomic mass is 16.5. The number of amides is 4. The van der Waals surface area contributed by atoms with E-state index < -0.39 is 46.4 Å². The lowest BCUT2D eigenvalue weighted by atomic mass is 9.79. The smallest absolute Gasteiger partial charge is 0.261 e. The van der Waals surface area contributed by atoms with Crippen LogP contribution in [0.1, 0.15) is 122 Å². The van der Waals surface area contributed by atoms with Crippen LogP contribution >= 0.6 is 0 Å². The van der Waals surface area contributed by atoms with Crippen LogP contribution in [0, 0.1) is 0 Å². The molecule has 4 atom stereocenters. The summed E-state index contributed by atoms with van der Waals surface area (Å²) in [6.07, 6.45) is 2.33. The summed E-state index contributed by atoms with van der Waals surface area (Å²) in [5.41, 5.74) is -1.34. The van der Waals surface area contributed by atoms with Gasteiger partial charge in [-0.1, -0.05) is 20.8 Å². The number of hydrogen-bond acceptors (Lipinski definition) is 6. The van der Waals surface area contributed by atoms with E-state index in [0.717, 1.165) is 0 Å². The largest absolute Gasteiger partial charge is 0.390 e. The van der Waals surface area contributed by atoms with Gasteiger partial charge in [0.2, 0.25) is 0 Å². The van der Waals surface area contributed by atoms with E-state index in [4.69, 9.17) is 4.74 Å². The Morgan fingerprint density at radius 1 is 0.769 bits per heavy atom. The van der Waals surface area contributed by atoms with Gasteiger partial charge in [-0.2, -0.15) is 0 Å². The first-order valence-electron chi connectivity index (χ1n) is 13.8. The number of ether oxygens (including phenoxy) is 1. The number of benzene rings is 2. The number of nitrogens with zero attached hydrogens (tertiary/aromatic N) is 2. The molecular formula is C31H40N2O6. The van der Waals surface area contributed by atoms with E-state index in [-0.39, 0.29) is 17.5 Å². The third kappa shape index (κ3) is 4.47. The minimum Gasteiger partial charge on any atom is -0.390 e. The molecule has 2 aliphatic rings. The van der Waals surface area contributed by atoms with Crippen molar-refractivity contribution in [3.8, 4) is 0 Å². The molecule has 2 aromatic rings. The zero-order valence-corrected chi connectivity index (χ0v) is 24.3. The molecule has 0 saturated heterocycles. The zero-order valence-electron chi connectivity index (χ0n) is 24.3. The summed E-state index contributed by atoms with van der Waals surface area (Å²) >= 11 is 0. The molecular weight excluding hydrogens is 496 g/mol. The van der Waals surface area contributed by atoms with Crippen molar-refractivity contribution in [1.82, 2.24) is 9.80 Å². The second kappa shape index (κ2) is 9.82. The lowest BCUT2D eigenvalue weighted by molar-refractivity contribution is -0.0199. The molecule has 2 aromatic carbocycles. The number of methoxy groups -OCH3 is 1. The van der Waals surface area contributed by atoms with Crippen LogP contribution in [-0.2, 0) is 4.74 Å². The van der Waals surface area contributed by atoms with E-state index in [2.05, 4.69) is 0 Å². The van der Waals surface area contributed by atoms with Gasteiger partial charge in [-0.25, -0.2) is 0 Å². The van der Waals surface area contributed by atoms with Crippen molar-refractivity contribution >= 4 is 34.4 Å². The molecule has 39 heavy (non-hydrogen) atoms. The van der Waals surface area contributed by atoms with Crippen LogP contribution < -0.4 is 0 Å². The standard InChI is InChI=1S/C31H40N2O6/c1-9-29(5,17-30(6,38)10-2)33-27(36)21-14-12-19-23-20(13-15-22(24(21)23)28(33)37)26(35)32(25(19)34)18(4)16-31(7,11-3)39-8/h12-15,18,38H,9-11,16-17H2,1-8H3. The highest BCUT2D eigenvalue weighted by Gasteiger charge is 2.48. The Morgan fingerprint density at radius 3 is 1.56 bits per heavy atom. The summed E-state index contributed by atoms with van der Waals surface area (Å²) in [5, 5.41) is 11.6. The number of carbonyl (C=O) groups excluding carboxylic acids is 4. The Morgan fingerprint density at radius 2 is 1.21 bits per heavy atom. The maximum atomic E-state index is 13.9. The minimum absolute atomic E-state index is 0.223. The molecule has 4 unspecified atom stereocenters. The fourth-order valence-corrected chi connectivity index (χ4v) is 6.18. The Hall–Kier alpha value is -3.10. The first-order chi connectivity index (χ1) is 18.2. The van der Waals surface area contributed by atoms with Crippen LogP contribution in [0.3, 0.4) is 0 Å². The maximum absolute atomic E-state index is 13.9. The molecule has 2 aliphatic heterocycles. The number of hydrogen-bond donors (Lipinski definition) is 1. The third-order valence-electron chi connectivity index (χ3n) is 9.16. The van der Waals surface area contributed by atoms with E-state index in [1.807, 2.05) is 41.5 Å². The molecule has 8 heteroatoms. The predicted molar refractivity (Wildman–Crippen MR) is 149 cm³/mol. The van der Waals surface area contributed by atoms with Crippen LogP contribution in [0.15, 0.2) is 24.3 Å². The molecule has 2 heterocycles. The SMILES string of the molecule is CCC(C)(O)CC(C)(CC)N1C(=O)c2ccc3c4c(ccc(c24)C1=O)C(=O)N(C(C)CC(C)(CC)OC)C3=O.